The van der Waals surface area contributed by atoms with Crippen molar-refractivity contribution >= 4 is 19.5 Å². The number of rotatable bonds is 6. The first-order valence-corrected chi connectivity index (χ1v) is 8.56. The maximum atomic E-state index is 12.7. The Kier molecular flexibility index (Phi) is 5.96. The average molecular weight is 322 g/mol. The van der Waals surface area contributed by atoms with Crippen molar-refractivity contribution in [1.82, 2.24) is 0 Å². The number of methoxy groups -OCH3 is 1. The highest BCUT2D eigenvalue weighted by molar-refractivity contribution is 7.55. The van der Waals surface area contributed by atoms with Gasteiger partial charge in [-0.2, -0.15) is 0 Å². The molecular weight excluding hydrogens is 299 g/mol. The van der Waals surface area contributed by atoms with Crippen LogP contribution in [-0.2, 0) is 32.7 Å². The Morgan fingerprint density at radius 1 is 1.38 bits per heavy atom. The number of carbonyl (C=O) groups excluding carboxylic acids is 2. The van der Waals surface area contributed by atoms with Crippen molar-refractivity contribution in [2.75, 3.05) is 20.3 Å². The minimum absolute atomic E-state index is 0.156. The van der Waals surface area contributed by atoms with Crippen molar-refractivity contribution in [3.05, 3.63) is 0 Å². The van der Waals surface area contributed by atoms with Gasteiger partial charge in [0.2, 0.25) is 5.60 Å². The highest BCUT2D eigenvalue weighted by atomic mass is 31.2. The van der Waals surface area contributed by atoms with E-state index in [2.05, 4.69) is 4.74 Å². The Balaban J connectivity index is 3.03. The van der Waals surface area contributed by atoms with Gasteiger partial charge in [-0.1, -0.05) is 6.92 Å². The van der Waals surface area contributed by atoms with E-state index in [4.69, 9.17) is 13.8 Å². The standard InChI is InChI=1S/C13H23O7P/c1-6-18-21(16,19-7-2)10-8-9(3)13(4,12(15)17-5)20-11(10)14/h9-10H,6-8H2,1-5H3/t9-,10?,13-/m1/s1. The van der Waals surface area contributed by atoms with Crippen molar-refractivity contribution in [3.8, 4) is 0 Å². The lowest BCUT2D eigenvalue weighted by Crippen LogP contribution is -2.54. The quantitative estimate of drug-likeness (QED) is 0.547. The largest absolute Gasteiger partial charge is 0.466 e. The first-order chi connectivity index (χ1) is 9.75. The number of esters is 2. The molecule has 1 rings (SSSR count). The molecule has 1 aliphatic heterocycles. The van der Waals surface area contributed by atoms with Crippen LogP contribution >= 0.6 is 7.60 Å². The van der Waals surface area contributed by atoms with Crippen molar-refractivity contribution in [2.45, 2.75) is 45.4 Å². The van der Waals surface area contributed by atoms with E-state index in [9.17, 15) is 14.2 Å². The van der Waals surface area contributed by atoms with Crippen molar-refractivity contribution in [1.29, 1.82) is 0 Å². The van der Waals surface area contributed by atoms with Crippen LogP contribution in [-0.4, -0.2) is 43.5 Å². The molecule has 0 spiro atoms. The zero-order chi connectivity index (χ0) is 16.3. The summed E-state index contributed by atoms with van der Waals surface area (Å²) in [6.07, 6.45) is 0.168. The summed E-state index contributed by atoms with van der Waals surface area (Å²) in [5.41, 5.74) is -2.41. The smallest absolute Gasteiger partial charge is 0.350 e. The van der Waals surface area contributed by atoms with Gasteiger partial charge >= 0.3 is 19.5 Å². The van der Waals surface area contributed by atoms with Gasteiger partial charge in [-0.05, 0) is 27.2 Å². The third kappa shape index (κ3) is 3.47. The molecular formula is C13H23O7P. The molecule has 1 aliphatic rings. The molecule has 0 aromatic rings. The first-order valence-electron chi connectivity index (χ1n) is 6.95. The number of hydrogen-bond acceptors (Lipinski definition) is 7. The molecule has 0 radical (unpaired) electrons. The summed E-state index contributed by atoms with van der Waals surface area (Å²) in [6, 6.07) is 0. The van der Waals surface area contributed by atoms with Crippen LogP contribution in [0.25, 0.3) is 0 Å². The number of cyclic esters (lactones) is 1. The van der Waals surface area contributed by atoms with E-state index in [1.807, 2.05) is 0 Å². The minimum Gasteiger partial charge on any atom is -0.466 e. The SMILES string of the molecule is CCOP(=O)(OCC)C1C[C@@H](C)[C@](C)(C(=O)OC)OC1=O. The lowest BCUT2D eigenvalue weighted by molar-refractivity contribution is -0.191. The zero-order valence-corrected chi connectivity index (χ0v) is 14.0. The summed E-state index contributed by atoms with van der Waals surface area (Å²) in [4.78, 5) is 24.0. The topological polar surface area (TPSA) is 88.1 Å². The fourth-order valence-corrected chi connectivity index (χ4v) is 4.35. The maximum absolute atomic E-state index is 12.7. The summed E-state index contributed by atoms with van der Waals surface area (Å²) in [5, 5.41) is 0. The molecule has 122 valence electrons. The minimum atomic E-state index is -3.61. The Morgan fingerprint density at radius 3 is 2.33 bits per heavy atom. The fourth-order valence-electron chi connectivity index (χ4n) is 2.31. The van der Waals surface area contributed by atoms with E-state index in [-0.39, 0.29) is 25.6 Å². The molecule has 0 bridgehead atoms. The van der Waals surface area contributed by atoms with E-state index in [0.29, 0.717) is 0 Å². The second kappa shape index (κ2) is 6.90. The maximum Gasteiger partial charge on any atom is 0.350 e. The predicted octanol–water partition coefficient (Wildman–Crippen LogP) is 2.14. The molecule has 0 aliphatic carbocycles. The van der Waals surface area contributed by atoms with Crippen LogP contribution in [0.3, 0.4) is 0 Å². The van der Waals surface area contributed by atoms with Gasteiger partial charge in [0.1, 0.15) is 0 Å². The van der Waals surface area contributed by atoms with Crippen LogP contribution in [0.1, 0.15) is 34.1 Å². The van der Waals surface area contributed by atoms with Crippen LogP contribution in [0, 0.1) is 5.92 Å². The van der Waals surface area contributed by atoms with Crippen LogP contribution in [0.4, 0.5) is 0 Å². The van der Waals surface area contributed by atoms with Gasteiger partial charge in [0.15, 0.2) is 5.66 Å². The third-order valence-corrected chi connectivity index (χ3v) is 6.11. The Hall–Kier alpha value is -0.910. The van der Waals surface area contributed by atoms with Gasteiger partial charge < -0.3 is 18.5 Å². The third-order valence-electron chi connectivity index (χ3n) is 3.69. The lowest BCUT2D eigenvalue weighted by Gasteiger charge is -2.40. The molecule has 1 unspecified atom stereocenters. The molecule has 0 amide bonds. The molecule has 21 heavy (non-hydrogen) atoms. The van der Waals surface area contributed by atoms with Gasteiger partial charge in [-0.15, -0.1) is 0 Å². The number of hydrogen-bond donors (Lipinski definition) is 0. The van der Waals surface area contributed by atoms with Crippen LogP contribution < -0.4 is 0 Å². The second-order valence-electron chi connectivity index (χ2n) is 5.05. The summed E-state index contributed by atoms with van der Waals surface area (Å²) in [5.74, 6) is -1.77. The predicted molar refractivity (Wildman–Crippen MR) is 74.9 cm³/mol. The van der Waals surface area contributed by atoms with Gasteiger partial charge in [0.25, 0.3) is 0 Å². The van der Waals surface area contributed by atoms with Gasteiger partial charge in [-0.25, -0.2) is 4.79 Å². The van der Waals surface area contributed by atoms with E-state index in [1.54, 1.807) is 20.8 Å². The van der Waals surface area contributed by atoms with Crippen molar-refractivity contribution in [2.24, 2.45) is 5.92 Å². The molecule has 0 saturated carbocycles. The Morgan fingerprint density at radius 2 is 1.90 bits per heavy atom. The summed E-state index contributed by atoms with van der Waals surface area (Å²) in [7, 11) is -2.38. The van der Waals surface area contributed by atoms with Crippen LogP contribution in [0.15, 0.2) is 0 Å². The zero-order valence-electron chi connectivity index (χ0n) is 13.1. The Bertz CT molecular complexity index is 440. The highest BCUT2D eigenvalue weighted by Gasteiger charge is 2.55. The van der Waals surface area contributed by atoms with E-state index < -0.39 is 30.8 Å². The lowest BCUT2D eigenvalue weighted by atomic mass is 9.84. The van der Waals surface area contributed by atoms with Gasteiger partial charge in [-0.3, -0.25) is 9.36 Å². The molecule has 7 nitrogen and oxygen atoms in total. The second-order valence-corrected chi connectivity index (χ2v) is 7.27. The summed E-state index contributed by atoms with van der Waals surface area (Å²) < 4.78 is 33.0. The highest BCUT2D eigenvalue weighted by Crippen LogP contribution is 2.57. The normalized spacial score (nSPS) is 29.9. The molecule has 1 fully saturated rings. The first kappa shape index (κ1) is 18.1. The number of carbonyl (C=O) groups is 2. The molecule has 1 heterocycles. The van der Waals surface area contributed by atoms with Crippen molar-refractivity contribution < 1.29 is 32.7 Å². The van der Waals surface area contributed by atoms with E-state index >= 15 is 0 Å². The molecule has 1 saturated heterocycles. The van der Waals surface area contributed by atoms with Crippen LogP contribution in [0.5, 0.6) is 0 Å². The molecule has 0 aromatic heterocycles. The monoisotopic (exact) mass is 322 g/mol. The molecule has 0 aromatic carbocycles. The molecule has 3 atom stereocenters. The summed E-state index contributed by atoms with van der Waals surface area (Å²) in [6.45, 7) is 6.87. The van der Waals surface area contributed by atoms with E-state index in [0.717, 1.165) is 0 Å². The van der Waals surface area contributed by atoms with Gasteiger partial charge in [0.05, 0.1) is 20.3 Å². The molecule has 0 N–H and O–H groups in total. The van der Waals surface area contributed by atoms with E-state index in [1.165, 1.54) is 14.0 Å². The van der Waals surface area contributed by atoms with Gasteiger partial charge in [0, 0.05) is 5.92 Å². The fraction of sp³-hybridized carbons (Fsp3) is 0.846. The average Bonchev–Trinajstić information content (AvgIpc) is 2.42. The number of ether oxygens (including phenoxy) is 2. The molecule has 8 heteroatoms. The van der Waals surface area contributed by atoms with Crippen molar-refractivity contribution in [3.63, 3.8) is 0 Å². The van der Waals surface area contributed by atoms with Crippen LogP contribution in [0.2, 0.25) is 0 Å². The summed E-state index contributed by atoms with van der Waals surface area (Å²) >= 11 is 0. The Labute approximate surface area is 124 Å².